The van der Waals surface area contributed by atoms with Crippen molar-refractivity contribution in [2.45, 2.75) is 4.90 Å². The number of nitrogens with one attached hydrogen (secondary N) is 1. The fourth-order valence-corrected chi connectivity index (χ4v) is 4.50. The standard InChI is InChI=1S/C19H15ClFN5O3S/c1-23-17-15(20)13(9-24-18(17)22)29-14-10-25-19-12(16(14)21)7-8-26(19)30(27,28)11-5-3-2-4-6-11/h2-10,23H,1H3,(H2,22,24). The summed E-state index contributed by atoms with van der Waals surface area (Å²) in [6.07, 6.45) is 3.58. The van der Waals surface area contributed by atoms with Gasteiger partial charge in [0.25, 0.3) is 10.0 Å². The van der Waals surface area contributed by atoms with Gasteiger partial charge in [-0.3, -0.25) is 0 Å². The first-order chi connectivity index (χ1) is 14.3. The average Bonchev–Trinajstić information content (AvgIpc) is 3.19. The normalized spacial score (nSPS) is 11.6. The zero-order chi connectivity index (χ0) is 21.5. The molecule has 0 saturated carbocycles. The first kappa shape index (κ1) is 19.9. The van der Waals surface area contributed by atoms with E-state index in [0.29, 0.717) is 5.69 Å². The highest BCUT2D eigenvalue weighted by Gasteiger charge is 2.23. The number of anilines is 2. The van der Waals surface area contributed by atoms with E-state index in [1.807, 2.05) is 0 Å². The number of hydrogen-bond donors (Lipinski definition) is 2. The van der Waals surface area contributed by atoms with Gasteiger partial charge in [-0.2, -0.15) is 0 Å². The zero-order valence-corrected chi connectivity index (χ0v) is 17.1. The lowest BCUT2D eigenvalue weighted by Gasteiger charge is -2.13. The predicted octanol–water partition coefficient (Wildman–Crippen LogP) is 3.88. The van der Waals surface area contributed by atoms with Crippen LogP contribution in [-0.4, -0.2) is 29.4 Å². The van der Waals surface area contributed by atoms with Crippen LogP contribution in [0.2, 0.25) is 5.02 Å². The molecule has 154 valence electrons. The second kappa shape index (κ2) is 7.47. The molecule has 11 heteroatoms. The molecule has 4 rings (SSSR count). The van der Waals surface area contributed by atoms with Crippen molar-refractivity contribution in [3.63, 3.8) is 0 Å². The van der Waals surface area contributed by atoms with Crippen LogP contribution < -0.4 is 15.8 Å². The molecule has 0 bridgehead atoms. The van der Waals surface area contributed by atoms with Crippen LogP contribution in [0.4, 0.5) is 15.9 Å². The lowest BCUT2D eigenvalue weighted by molar-refractivity contribution is 0.442. The number of benzene rings is 1. The molecule has 3 heterocycles. The molecule has 3 aromatic heterocycles. The molecule has 0 radical (unpaired) electrons. The Morgan fingerprint density at radius 2 is 1.83 bits per heavy atom. The van der Waals surface area contributed by atoms with E-state index >= 15 is 4.39 Å². The number of nitrogen functional groups attached to an aromatic ring is 1. The third-order valence-electron chi connectivity index (χ3n) is 4.37. The van der Waals surface area contributed by atoms with Crippen LogP contribution in [0.5, 0.6) is 11.5 Å². The SMILES string of the molecule is CNc1c(N)ncc(Oc2cnc3c(ccn3S(=O)(=O)c3ccccc3)c2F)c1Cl. The smallest absolute Gasteiger partial charge is 0.269 e. The fourth-order valence-electron chi connectivity index (χ4n) is 2.90. The van der Waals surface area contributed by atoms with Crippen molar-refractivity contribution >= 4 is 44.2 Å². The van der Waals surface area contributed by atoms with E-state index in [2.05, 4.69) is 15.3 Å². The summed E-state index contributed by atoms with van der Waals surface area (Å²) in [5.41, 5.74) is 6.00. The Hall–Kier alpha value is -3.37. The van der Waals surface area contributed by atoms with E-state index in [1.165, 1.54) is 30.6 Å². The maximum Gasteiger partial charge on any atom is 0.269 e. The van der Waals surface area contributed by atoms with Gasteiger partial charge in [0.15, 0.2) is 23.0 Å². The summed E-state index contributed by atoms with van der Waals surface area (Å²) in [7, 11) is -2.33. The van der Waals surface area contributed by atoms with E-state index in [1.54, 1.807) is 25.2 Å². The lowest BCUT2D eigenvalue weighted by atomic mass is 10.3. The van der Waals surface area contributed by atoms with Crippen LogP contribution >= 0.6 is 11.6 Å². The number of nitrogens with zero attached hydrogens (tertiary/aromatic N) is 3. The van der Waals surface area contributed by atoms with Crippen LogP contribution in [0.15, 0.2) is 59.9 Å². The number of ether oxygens (including phenoxy) is 1. The van der Waals surface area contributed by atoms with Crippen molar-refractivity contribution in [2.24, 2.45) is 0 Å². The predicted molar refractivity (Wildman–Crippen MR) is 112 cm³/mol. The quantitative estimate of drug-likeness (QED) is 0.477. The summed E-state index contributed by atoms with van der Waals surface area (Å²) in [4.78, 5) is 8.10. The largest absolute Gasteiger partial charge is 0.449 e. The summed E-state index contributed by atoms with van der Waals surface area (Å²) in [6, 6.07) is 9.11. The number of halogens is 2. The molecule has 3 N–H and O–H groups in total. The number of nitrogens with two attached hydrogens (primary N) is 1. The third-order valence-corrected chi connectivity index (χ3v) is 6.42. The highest BCUT2D eigenvalue weighted by molar-refractivity contribution is 7.90. The zero-order valence-electron chi connectivity index (χ0n) is 15.5. The highest BCUT2D eigenvalue weighted by Crippen LogP contribution is 2.38. The molecular weight excluding hydrogens is 433 g/mol. The number of rotatable bonds is 5. The molecule has 8 nitrogen and oxygen atoms in total. The second-order valence-electron chi connectivity index (χ2n) is 6.15. The van der Waals surface area contributed by atoms with E-state index in [4.69, 9.17) is 22.1 Å². The van der Waals surface area contributed by atoms with Gasteiger partial charge in [-0.1, -0.05) is 29.8 Å². The van der Waals surface area contributed by atoms with Gasteiger partial charge in [-0.05, 0) is 18.2 Å². The topological polar surface area (TPSA) is 112 Å². The molecule has 1 aromatic carbocycles. The minimum Gasteiger partial charge on any atom is -0.449 e. The highest BCUT2D eigenvalue weighted by atomic mass is 35.5. The molecular formula is C19H15ClFN5O3S. The number of hydrogen-bond acceptors (Lipinski definition) is 7. The molecule has 0 aliphatic carbocycles. The summed E-state index contributed by atoms with van der Waals surface area (Å²) < 4.78 is 47.3. The molecule has 0 fully saturated rings. The first-order valence-electron chi connectivity index (χ1n) is 8.60. The molecule has 0 amide bonds. The van der Waals surface area contributed by atoms with Gasteiger partial charge in [-0.25, -0.2) is 26.7 Å². The van der Waals surface area contributed by atoms with E-state index in [0.717, 1.165) is 10.2 Å². The van der Waals surface area contributed by atoms with E-state index in [-0.39, 0.29) is 38.3 Å². The van der Waals surface area contributed by atoms with Gasteiger partial charge in [-0.15, -0.1) is 0 Å². The Bertz CT molecular complexity index is 1360. The molecule has 0 spiro atoms. The Morgan fingerprint density at radius 3 is 2.53 bits per heavy atom. The Morgan fingerprint density at radius 1 is 1.13 bits per heavy atom. The van der Waals surface area contributed by atoms with Gasteiger partial charge >= 0.3 is 0 Å². The average molecular weight is 448 g/mol. The van der Waals surface area contributed by atoms with Crippen molar-refractivity contribution < 1.29 is 17.5 Å². The van der Waals surface area contributed by atoms with Crippen LogP contribution in [0, 0.1) is 5.82 Å². The molecule has 0 aliphatic rings. The Balaban J connectivity index is 1.77. The molecule has 30 heavy (non-hydrogen) atoms. The molecule has 0 saturated heterocycles. The van der Waals surface area contributed by atoms with Gasteiger partial charge in [0.05, 0.1) is 28.4 Å². The molecule has 4 aromatic rings. The van der Waals surface area contributed by atoms with Crippen molar-refractivity contribution in [1.82, 2.24) is 13.9 Å². The monoisotopic (exact) mass is 447 g/mol. The molecule has 0 atom stereocenters. The fraction of sp³-hybridized carbons (Fsp3) is 0.0526. The van der Waals surface area contributed by atoms with Crippen LogP contribution in [0.1, 0.15) is 0 Å². The van der Waals surface area contributed by atoms with Crippen molar-refractivity contribution in [1.29, 1.82) is 0 Å². The summed E-state index contributed by atoms with van der Waals surface area (Å²) >= 11 is 6.23. The van der Waals surface area contributed by atoms with Crippen LogP contribution in [0.3, 0.4) is 0 Å². The van der Waals surface area contributed by atoms with Crippen LogP contribution in [0.25, 0.3) is 11.0 Å². The van der Waals surface area contributed by atoms with E-state index in [9.17, 15) is 8.42 Å². The second-order valence-corrected chi connectivity index (χ2v) is 8.34. The lowest BCUT2D eigenvalue weighted by Crippen LogP contribution is -2.12. The summed E-state index contributed by atoms with van der Waals surface area (Å²) in [5.74, 6) is -0.813. The van der Waals surface area contributed by atoms with Crippen molar-refractivity contribution in [2.75, 3.05) is 18.1 Å². The van der Waals surface area contributed by atoms with Crippen LogP contribution in [-0.2, 0) is 10.0 Å². The van der Waals surface area contributed by atoms with Crippen molar-refractivity contribution in [3.8, 4) is 11.5 Å². The van der Waals surface area contributed by atoms with Crippen molar-refractivity contribution in [3.05, 3.63) is 65.8 Å². The molecule has 0 aliphatic heterocycles. The van der Waals surface area contributed by atoms with Gasteiger partial charge < -0.3 is 15.8 Å². The first-order valence-corrected chi connectivity index (χ1v) is 10.4. The number of fused-ring (bicyclic) bond motifs is 1. The number of pyridine rings is 2. The minimum atomic E-state index is -3.94. The Labute approximate surface area is 176 Å². The van der Waals surface area contributed by atoms with Gasteiger partial charge in [0.2, 0.25) is 0 Å². The Kier molecular flexibility index (Phi) is 4.96. The maximum atomic E-state index is 15.1. The van der Waals surface area contributed by atoms with E-state index < -0.39 is 15.8 Å². The minimum absolute atomic E-state index is 0.0274. The maximum absolute atomic E-state index is 15.1. The van der Waals surface area contributed by atoms with Gasteiger partial charge in [0.1, 0.15) is 10.8 Å². The molecule has 0 unspecified atom stereocenters. The summed E-state index contributed by atoms with van der Waals surface area (Å²) in [6.45, 7) is 0. The van der Waals surface area contributed by atoms with Gasteiger partial charge in [0, 0.05) is 13.2 Å². The third kappa shape index (κ3) is 3.19. The number of aromatic nitrogens is 3. The summed E-state index contributed by atoms with van der Waals surface area (Å²) in [5, 5.41) is 2.88.